The molecule has 0 unspecified atom stereocenters. The molecule has 0 saturated carbocycles. The van der Waals surface area contributed by atoms with Crippen LogP contribution in [0.2, 0.25) is 5.02 Å². The van der Waals surface area contributed by atoms with Crippen LogP contribution < -0.4 is 14.8 Å². The van der Waals surface area contributed by atoms with Crippen molar-refractivity contribution in [2.45, 2.75) is 26.6 Å². The van der Waals surface area contributed by atoms with Crippen LogP contribution in [0.25, 0.3) is 0 Å². The third kappa shape index (κ3) is 6.07. The minimum Gasteiger partial charge on any atom is -0.467 e. The summed E-state index contributed by atoms with van der Waals surface area (Å²) in [6.07, 6.45) is 0. The molecule has 40 heavy (non-hydrogen) atoms. The maximum Gasteiger partial charge on any atom is 0.260 e. The summed E-state index contributed by atoms with van der Waals surface area (Å²) in [5, 5.41) is 8.74. The molecule has 3 aromatic carbocycles. The molecule has 1 aliphatic rings. The van der Waals surface area contributed by atoms with Gasteiger partial charge in [0.15, 0.2) is 13.6 Å². The Morgan fingerprint density at radius 1 is 0.950 bits per heavy atom. The Labute approximate surface area is 238 Å². The predicted molar refractivity (Wildman–Crippen MR) is 152 cm³/mol. The van der Waals surface area contributed by atoms with E-state index >= 15 is 0 Å². The number of aryl methyl sites for hydroxylation is 1. The van der Waals surface area contributed by atoms with Crippen molar-refractivity contribution in [1.29, 1.82) is 0 Å². The summed E-state index contributed by atoms with van der Waals surface area (Å²) >= 11 is 6.44. The minimum atomic E-state index is -0.183. The molecule has 1 amide bonds. The molecule has 0 spiro atoms. The van der Waals surface area contributed by atoms with Crippen LogP contribution in [-0.4, -0.2) is 48.4 Å². The molecule has 1 aromatic heterocycles. The molecular formula is C30H31ClN4O5. The number of aromatic nitrogens is 2. The summed E-state index contributed by atoms with van der Waals surface area (Å²) in [5.41, 5.74) is 4.83. The molecule has 5 rings (SSSR count). The molecule has 0 aliphatic carbocycles. The maximum absolute atomic E-state index is 14.1. The molecule has 0 saturated heterocycles. The molecule has 208 valence electrons. The third-order valence-electron chi connectivity index (χ3n) is 6.54. The Hall–Kier alpha value is -4.05. The number of nitrogens with one attached hydrogen (secondary N) is 1. The van der Waals surface area contributed by atoms with E-state index < -0.39 is 0 Å². The average molecular weight is 563 g/mol. The van der Waals surface area contributed by atoms with Crippen LogP contribution >= 0.6 is 11.6 Å². The molecule has 0 radical (unpaired) electrons. The van der Waals surface area contributed by atoms with Crippen molar-refractivity contribution in [3.63, 3.8) is 0 Å². The zero-order chi connectivity index (χ0) is 28.1. The molecule has 2 heterocycles. The van der Waals surface area contributed by atoms with Gasteiger partial charge in [-0.05, 0) is 29.7 Å². The largest absolute Gasteiger partial charge is 0.467 e. The van der Waals surface area contributed by atoms with Gasteiger partial charge >= 0.3 is 0 Å². The normalized spacial score (nSPS) is 12.3. The fourth-order valence-electron chi connectivity index (χ4n) is 4.68. The van der Waals surface area contributed by atoms with Gasteiger partial charge in [0.25, 0.3) is 5.91 Å². The number of ether oxygens (including phenoxy) is 4. The first kappa shape index (κ1) is 27.5. The summed E-state index contributed by atoms with van der Waals surface area (Å²) in [4.78, 5) is 15.9. The van der Waals surface area contributed by atoms with Crippen molar-refractivity contribution < 1.29 is 23.7 Å². The van der Waals surface area contributed by atoms with E-state index in [0.717, 1.165) is 22.4 Å². The van der Waals surface area contributed by atoms with Crippen LogP contribution in [0.1, 0.15) is 32.7 Å². The van der Waals surface area contributed by atoms with Gasteiger partial charge in [-0.1, -0.05) is 54.1 Å². The van der Waals surface area contributed by atoms with Crippen LogP contribution in [0.5, 0.6) is 11.5 Å². The van der Waals surface area contributed by atoms with Gasteiger partial charge in [-0.25, -0.2) is 4.68 Å². The quantitative estimate of drug-likeness (QED) is 0.233. The average Bonchev–Trinajstić information content (AvgIpc) is 3.54. The Bertz CT molecular complexity index is 1480. The highest BCUT2D eigenvalue weighted by Crippen LogP contribution is 2.37. The molecule has 1 aliphatic heterocycles. The van der Waals surface area contributed by atoms with Crippen molar-refractivity contribution in [2.75, 3.05) is 33.1 Å². The van der Waals surface area contributed by atoms with Crippen LogP contribution in [-0.2, 0) is 29.1 Å². The van der Waals surface area contributed by atoms with Crippen LogP contribution in [0.15, 0.2) is 66.7 Å². The van der Waals surface area contributed by atoms with Crippen molar-refractivity contribution in [3.8, 4) is 11.5 Å². The van der Waals surface area contributed by atoms with E-state index in [1.54, 1.807) is 24.1 Å². The van der Waals surface area contributed by atoms with Crippen molar-refractivity contribution in [3.05, 3.63) is 99.7 Å². The molecule has 10 heteroatoms. The van der Waals surface area contributed by atoms with E-state index in [9.17, 15) is 4.79 Å². The lowest BCUT2D eigenvalue weighted by Crippen LogP contribution is -2.27. The van der Waals surface area contributed by atoms with Gasteiger partial charge in [0, 0.05) is 50.5 Å². The van der Waals surface area contributed by atoms with E-state index in [1.807, 2.05) is 66.2 Å². The summed E-state index contributed by atoms with van der Waals surface area (Å²) in [7, 11) is 3.07. The number of halogens is 1. The summed E-state index contributed by atoms with van der Waals surface area (Å²) in [6.45, 7) is 3.34. The highest BCUT2D eigenvalue weighted by atomic mass is 35.5. The number of amides is 1. The van der Waals surface area contributed by atoms with Crippen LogP contribution in [0.3, 0.4) is 0 Å². The number of methoxy groups -OCH3 is 2. The summed E-state index contributed by atoms with van der Waals surface area (Å²) in [5.74, 6) is 1.29. The highest BCUT2D eigenvalue weighted by Gasteiger charge is 2.29. The summed E-state index contributed by atoms with van der Waals surface area (Å²) in [6, 6.07) is 21.0. The van der Waals surface area contributed by atoms with Gasteiger partial charge in [-0.3, -0.25) is 4.79 Å². The first-order valence-corrected chi connectivity index (χ1v) is 13.2. The fourth-order valence-corrected chi connectivity index (χ4v) is 4.88. The van der Waals surface area contributed by atoms with Gasteiger partial charge in [-0.2, -0.15) is 5.10 Å². The van der Waals surface area contributed by atoms with Crippen LogP contribution in [0.4, 0.5) is 11.5 Å². The Kier molecular flexibility index (Phi) is 8.54. The zero-order valence-electron chi connectivity index (χ0n) is 22.6. The predicted octanol–water partition coefficient (Wildman–Crippen LogP) is 5.76. The van der Waals surface area contributed by atoms with E-state index in [0.29, 0.717) is 53.2 Å². The highest BCUT2D eigenvalue weighted by molar-refractivity contribution is 6.31. The first-order valence-electron chi connectivity index (χ1n) is 12.8. The van der Waals surface area contributed by atoms with Crippen molar-refractivity contribution in [1.82, 2.24) is 14.7 Å². The smallest absolute Gasteiger partial charge is 0.260 e. The van der Waals surface area contributed by atoms with Crippen molar-refractivity contribution >= 4 is 29.0 Å². The number of carbonyl (C=O) groups excluding carboxylic acids is 1. The number of fused-ring (bicyclic) bond motifs is 1. The SMILES string of the molecule is COCOc1cc(Nc2cc(C)nn2Cc2ccccc2Cl)c(C(=O)N2Cc3ccccc3C2)c(OCOC)c1. The molecular weight excluding hydrogens is 532 g/mol. The number of rotatable bonds is 11. The van der Waals surface area contributed by atoms with Gasteiger partial charge in [0.1, 0.15) is 22.9 Å². The number of hydrogen-bond donors (Lipinski definition) is 1. The van der Waals surface area contributed by atoms with E-state index in [-0.39, 0.29) is 19.5 Å². The Balaban J connectivity index is 1.55. The van der Waals surface area contributed by atoms with E-state index in [1.165, 1.54) is 7.11 Å². The standard InChI is InChI=1S/C30H31ClN4O5/c1-20-12-28(35(33-20)17-23-10-6-7-11-25(23)31)32-26-13-24(39-18-37-2)14-27(40-19-38-3)29(26)30(36)34-15-21-8-4-5-9-22(21)16-34/h4-14,32H,15-19H2,1-3H3. The number of nitrogens with zero attached hydrogens (tertiary/aromatic N) is 3. The second-order valence-electron chi connectivity index (χ2n) is 9.42. The minimum absolute atomic E-state index is 0.0292. The topological polar surface area (TPSA) is 87.1 Å². The molecule has 1 N–H and O–H groups in total. The number of hydrogen-bond acceptors (Lipinski definition) is 7. The van der Waals surface area contributed by atoms with E-state index in [4.69, 9.17) is 30.5 Å². The lowest BCUT2D eigenvalue weighted by atomic mass is 10.1. The summed E-state index contributed by atoms with van der Waals surface area (Å²) < 4.78 is 23.8. The van der Waals surface area contributed by atoms with Crippen molar-refractivity contribution in [2.24, 2.45) is 0 Å². The number of anilines is 2. The van der Waals surface area contributed by atoms with Crippen LogP contribution in [0, 0.1) is 6.92 Å². The zero-order valence-corrected chi connectivity index (χ0v) is 23.4. The lowest BCUT2D eigenvalue weighted by molar-refractivity contribution is 0.0450. The van der Waals surface area contributed by atoms with E-state index in [2.05, 4.69) is 10.4 Å². The second-order valence-corrected chi connectivity index (χ2v) is 9.83. The molecule has 9 nitrogen and oxygen atoms in total. The molecule has 0 atom stereocenters. The third-order valence-corrected chi connectivity index (χ3v) is 6.90. The Morgan fingerprint density at radius 3 is 2.33 bits per heavy atom. The van der Waals surface area contributed by atoms with Gasteiger partial charge in [0.2, 0.25) is 0 Å². The second kappa shape index (κ2) is 12.4. The monoisotopic (exact) mass is 562 g/mol. The van der Waals surface area contributed by atoms with Gasteiger partial charge in [0.05, 0.1) is 17.9 Å². The maximum atomic E-state index is 14.1. The molecule has 0 fully saturated rings. The van der Waals surface area contributed by atoms with Gasteiger partial charge < -0.3 is 29.2 Å². The molecule has 4 aromatic rings. The number of benzene rings is 3. The Morgan fingerprint density at radius 2 is 1.62 bits per heavy atom. The lowest BCUT2D eigenvalue weighted by Gasteiger charge is -2.22. The molecule has 0 bridgehead atoms. The fraction of sp³-hybridized carbons (Fsp3) is 0.267. The van der Waals surface area contributed by atoms with Gasteiger partial charge in [-0.15, -0.1) is 0 Å². The first-order chi connectivity index (χ1) is 19.5. The number of carbonyl (C=O) groups is 1.